The third-order valence-electron chi connectivity index (χ3n) is 8.85. The Hall–Kier alpha value is -3.20. The lowest BCUT2D eigenvalue weighted by Gasteiger charge is -2.43. The smallest absolute Gasteiger partial charge is 0.255 e. The van der Waals surface area contributed by atoms with Crippen LogP contribution < -0.4 is 4.57 Å². The molecular weight excluding hydrogens is 402 g/mol. The maximum Gasteiger partial charge on any atom is 0.297 e. The van der Waals surface area contributed by atoms with E-state index in [0.29, 0.717) is 0 Å². The van der Waals surface area contributed by atoms with Gasteiger partial charge in [-0.15, -0.1) is 0 Å². The second-order valence-corrected chi connectivity index (χ2v) is 11.0. The minimum absolute atomic E-state index is 0.0514. The molecule has 0 spiro atoms. The van der Waals surface area contributed by atoms with Gasteiger partial charge in [0.05, 0.1) is 23.3 Å². The first kappa shape index (κ1) is 20.4. The maximum atomic E-state index is 5.06. The van der Waals surface area contributed by atoms with Crippen LogP contribution in [0, 0.1) is 20.8 Å². The summed E-state index contributed by atoms with van der Waals surface area (Å²) in [7, 11) is 2.23. The van der Waals surface area contributed by atoms with Crippen molar-refractivity contribution in [1.29, 1.82) is 0 Å². The van der Waals surface area contributed by atoms with Crippen LogP contribution in [-0.2, 0) is 17.9 Å². The van der Waals surface area contributed by atoms with Gasteiger partial charge in [-0.3, -0.25) is 4.98 Å². The lowest BCUT2D eigenvalue weighted by molar-refractivity contribution is -0.632. The number of rotatable bonds is 1. The van der Waals surface area contributed by atoms with E-state index in [-0.39, 0.29) is 10.8 Å². The molecule has 0 radical (unpaired) electrons. The van der Waals surface area contributed by atoms with E-state index in [4.69, 9.17) is 4.98 Å². The van der Waals surface area contributed by atoms with E-state index in [0.717, 1.165) is 5.52 Å². The molecule has 3 heteroatoms. The highest BCUT2D eigenvalue weighted by Crippen LogP contribution is 2.53. The van der Waals surface area contributed by atoms with Crippen LogP contribution in [0.2, 0.25) is 0 Å². The summed E-state index contributed by atoms with van der Waals surface area (Å²) in [5.74, 6) is 0. The van der Waals surface area contributed by atoms with Crippen LogP contribution in [0.15, 0.2) is 48.7 Å². The summed E-state index contributed by atoms with van der Waals surface area (Å²) >= 11 is 0. The summed E-state index contributed by atoms with van der Waals surface area (Å²) in [6.07, 6.45) is 2.04. The molecule has 0 aliphatic carbocycles. The summed E-state index contributed by atoms with van der Waals surface area (Å²) in [5.41, 5.74) is 12.7. The summed E-state index contributed by atoms with van der Waals surface area (Å²) in [5, 5.41) is 2.56. The number of hydrogen-bond acceptors (Lipinski definition) is 1. The Balaban J connectivity index is 2.06. The largest absolute Gasteiger partial charge is 0.297 e. The Kier molecular flexibility index (Phi) is 3.85. The molecule has 0 saturated heterocycles. The lowest BCUT2D eigenvalue weighted by atomic mass is 9.60. The Morgan fingerprint density at radius 3 is 2.21 bits per heavy atom. The predicted octanol–water partition coefficient (Wildman–Crippen LogP) is 6.63. The van der Waals surface area contributed by atoms with Crippen molar-refractivity contribution in [3.05, 3.63) is 76.6 Å². The Morgan fingerprint density at radius 1 is 0.818 bits per heavy atom. The van der Waals surface area contributed by atoms with E-state index >= 15 is 0 Å². The van der Waals surface area contributed by atoms with Gasteiger partial charge in [-0.1, -0.05) is 70.2 Å². The molecule has 0 bridgehead atoms. The van der Waals surface area contributed by atoms with Crippen LogP contribution >= 0.6 is 0 Å². The first-order valence-corrected chi connectivity index (χ1v) is 11.9. The molecule has 33 heavy (non-hydrogen) atoms. The Morgan fingerprint density at radius 2 is 1.52 bits per heavy atom. The van der Waals surface area contributed by atoms with Crippen molar-refractivity contribution in [2.24, 2.45) is 7.05 Å². The summed E-state index contributed by atoms with van der Waals surface area (Å²) in [6, 6.07) is 15.5. The molecule has 3 nitrogen and oxygen atoms in total. The van der Waals surface area contributed by atoms with E-state index in [1.165, 1.54) is 61.1 Å². The van der Waals surface area contributed by atoms with Crippen molar-refractivity contribution < 1.29 is 4.57 Å². The van der Waals surface area contributed by atoms with Gasteiger partial charge < -0.3 is 0 Å². The number of pyridine rings is 2. The van der Waals surface area contributed by atoms with Crippen LogP contribution in [-0.4, -0.2) is 9.38 Å². The third kappa shape index (κ3) is 2.25. The quantitative estimate of drug-likeness (QED) is 0.214. The van der Waals surface area contributed by atoms with Gasteiger partial charge in [0, 0.05) is 28.2 Å². The molecular formula is C30H32N3+. The van der Waals surface area contributed by atoms with Crippen molar-refractivity contribution in [2.45, 2.75) is 59.3 Å². The molecule has 3 aromatic heterocycles. The molecule has 166 valence electrons. The number of imidazole rings is 1. The fourth-order valence-corrected chi connectivity index (χ4v) is 6.15. The van der Waals surface area contributed by atoms with Crippen LogP contribution in [0.5, 0.6) is 0 Å². The zero-order valence-corrected chi connectivity index (χ0v) is 21.0. The van der Waals surface area contributed by atoms with E-state index in [1.807, 2.05) is 6.20 Å². The van der Waals surface area contributed by atoms with Gasteiger partial charge in [-0.05, 0) is 37.5 Å². The van der Waals surface area contributed by atoms with Gasteiger partial charge in [-0.2, -0.15) is 4.40 Å². The van der Waals surface area contributed by atoms with Crippen molar-refractivity contribution in [2.75, 3.05) is 0 Å². The highest BCUT2D eigenvalue weighted by atomic mass is 15.1. The van der Waals surface area contributed by atoms with Gasteiger partial charge in [-0.25, -0.2) is 4.57 Å². The van der Waals surface area contributed by atoms with Crippen molar-refractivity contribution >= 4 is 27.5 Å². The van der Waals surface area contributed by atoms with E-state index in [2.05, 4.69) is 107 Å². The number of fused-ring (bicyclic) bond motifs is 3. The highest BCUT2D eigenvalue weighted by Gasteiger charge is 2.52. The average Bonchev–Trinajstić information content (AvgIpc) is 3.09. The number of hydrogen-bond donors (Lipinski definition) is 0. The fraction of sp³-hybridized carbons (Fsp3) is 0.333. The SMILES string of the molecule is Cc1cnc2c3c(C)ccc4c3n3c(c(-c5ccccc5)[n+](C)c3c2c1C)C(C)(C)C4(C)C. The molecule has 0 amide bonds. The Labute approximate surface area is 195 Å². The molecule has 0 atom stereocenters. The first-order chi connectivity index (χ1) is 15.6. The molecule has 1 aliphatic rings. The fourth-order valence-electron chi connectivity index (χ4n) is 6.15. The van der Waals surface area contributed by atoms with Crippen LogP contribution in [0.3, 0.4) is 0 Å². The standard InChI is InChI=1S/C30H32N3/c1-17-14-15-21-26-22(17)24-23(19(3)18(2)16-31-24)28-32(8)25(20-12-10-9-11-13-20)27(33(26)28)30(6,7)29(21,4)5/h9-16H,1-8H3/q+1. The molecule has 0 saturated carbocycles. The van der Waals surface area contributed by atoms with Crippen molar-refractivity contribution in [1.82, 2.24) is 9.38 Å². The first-order valence-electron chi connectivity index (χ1n) is 11.9. The molecule has 0 unspecified atom stereocenters. The highest BCUT2D eigenvalue weighted by molar-refractivity contribution is 6.13. The maximum absolute atomic E-state index is 5.06. The van der Waals surface area contributed by atoms with Gasteiger partial charge in [0.2, 0.25) is 0 Å². The van der Waals surface area contributed by atoms with Gasteiger partial charge in [0.1, 0.15) is 5.52 Å². The van der Waals surface area contributed by atoms with Crippen LogP contribution in [0.4, 0.5) is 0 Å². The summed E-state index contributed by atoms with van der Waals surface area (Å²) in [4.78, 5) is 5.06. The third-order valence-corrected chi connectivity index (χ3v) is 8.85. The minimum Gasteiger partial charge on any atom is -0.255 e. The average molecular weight is 435 g/mol. The molecule has 2 aromatic carbocycles. The molecule has 0 N–H and O–H groups in total. The number of benzene rings is 2. The number of aryl methyl sites for hydroxylation is 4. The molecule has 4 heterocycles. The van der Waals surface area contributed by atoms with Gasteiger partial charge >= 0.3 is 0 Å². The van der Waals surface area contributed by atoms with E-state index < -0.39 is 0 Å². The second-order valence-electron chi connectivity index (χ2n) is 11.0. The van der Waals surface area contributed by atoms with Crippen molar-refractivity contribution in [3.63, 3.8) is 0 Å². The molecule has 1 aliphatic heterocycles. The Bertz CT molecular complexity index is 1630. The van der Waals surface area contributed by atoms with E-state index in [1.54, 1.807) is 0 Å². The minimum atomic E-state index is -0.0869. The molecule has 0 fully saturated rings. The predicted molar refractivity (Wildman–Crippen MR) is 137 cm³/mol. The number of aromatic nitrogens is 3. The molecule has 5 aromatic rings. The lowest BCUT2D eigenvalue weighted by Crippen LogP contribution is -2.44. The zero-order valence-electron chi connectivity index (χ0n) is 21.0. The normalized spacial score (nSPS) is 16.4. The van der Waals surface area contributed by atoms with Gasteiger partial charge in [0.15, 0.2) is 11.4 Å². The molecule has 6 rings (SSSR count). The van der Waals surface area contributed by atoms with E-state index in [9.17, 15) is 0 Å². The van der Waals surface area contributed by atoms with Crippen molar-refractivity contribution in [3.8, 4) is 11.3 Å². The second kappa shape index (κ2) is 6.22. The van der Waals surface area contributed by atoms with Crippen LogP contribution in [0.1, 0.15) is 55.6 Å². The number of nitrogens with zero attached hydrogens (tertiary/aromatic N) is 3. The topological polar surface area (TPSA) is 21.2 Å². The summed E-state index contributed by atoms with van der Waals surface area (Å²) in [6.45, 7) is 16.3. The van der Waals surface area contributed by atoms with Gasteiger partial charge in [0.25, 0.3) is 5.65 Å². The summed E-state index contributed by atoms with van der Waals surface area (Å²) < 4.78 is 5.01. The monoisotopic (exact) mass is 434 g/mol. The zero-order chi connectivity index (χ0) is 23.4. The van der Waals surface area contributed by atoms with Crippen LogP contribution in [0.25, 0.3) is 38.7 Å².